The van der Waals surface area contributed by atoms with E-state index in [2.05, 4.69) is 10.6 Å². The molecule has 3 amide bonds. The number of hydrogen-bond acceptors (Lipinski definition) is 4. The van der Waals surface area contributed by atoms with Gasteiger partial charge in [-0.2, -0.15) is 0 Å². The van der Waals surface area contributed by atoms with E-state index < -0.39 is 5.41 Å². The Balaban J connectivity index is 1.38. The van der Waals surface area contributed by atoms with Gasteiger partial charge in [-0.3, -0.25) is 19.7 Å². The highest BCUT2D eigenvalue weighted by atomic mass is 16.5. The number of nitrogens with one attached hydrogen (secondary N) is 2. The van der Waals surface area contributed by atoms with Gasteiger partial charge >= 0.3 is 0 Å². The minimum Gasteiger partial charge on any atom is -0.484 e. The highest BCUT2D eigenvalue weighted by Gasteiger charge is 2.42. The van der Waals surface area contributed by atoms with Gasteiger partial charge in [0, 0.05) is 12.1 Å². The van der Waals surface area contributed by atoms with Crippen LogP contribution in [0, 0.1) is 0 Å². The van der Waals surface area contributed by atoms with Crippen molar-refractivity contribution in [1.29, 1.82) is 0 Å². The summed E-state index contributed by atoms with van der Waals surface area (Å²) in [6.07, 6.45) is 1.40. The average molecular weight is 416 g/mol. The molecule has 4 rings (SSSR count). The first kappa shape index (κ1) is 20.6. The highest BCUT2D eigenvalue weighted by Crippen LogP contribution is 2.36. The Morgan fingerprint density at radius 2 is 1.77 bits per heavy atom. The monoisotopic (exact) mass is 416 g/mol. The van der Waals surface area contributed by atoms with Crippen molar-refractivity contribution in [3.8, 4) is 5.75 Å². The number of imide groups is 1. The summed E-state index contributed by atoms with van der Waals surface area (Å²) in [7, 11) is 0. The quantitative estimate of drug-likeness (QED) is 0.596. The molecule has 0 saturated carbocycles. The molecule has 31 heavy (non-hydrogen) atoms. The van der Waals surface area contributed by atoms with Crippen molar-refractivity contribution in [2.75, 3.05) is 11.9 Å². The maximum atomic E-state index is 12.5. The first-order valence-electron chi connectivity index (χ1n) is 10.4. The van der Waals surface area contributed by atoms with Crippen molar-refractivity contribution < 1.29 is 19.1 Å². The number of carbonyl (C=O) groups is 3. The summed E-state index contributed by atoms with van der Waals surface area (Å²) in [5, 5.41) is 7.42. The average Bonchev–Trinajstić information content (AvgIpc) is 2.79. The smallest absolute Gasteiger partial charge is 0.262 e. The number of hydrogen-bond donors (Lipinski definition) is 2. The Morgan fingerprint density at radius 3 is 2.48 bits per heavy atom. The van der Waals surface area contributed by atoms with Gasteiger partial charge in [0.15, 0.2) is 6.61 Å². The number of rotatable bonds is 6. The van der Waals surface area contributed by atoms with Gasteiger partial charge in [-0.15, -0.1) is 0 Å². The molecule has 0 bridgehead atoms. The van der Waals surface area contributed by atoms with Crippen LogP contribution in [0.15, 0.2) is 66.7 Å². The lowest BCUT2D eigenvalue weighted by Crippen LogP contribution is -2.51. The summed E-state index contributed by atoms with van der Waals surface area (Å²) in [5.74, 6) is -0.129. The maximum Gasteiger partial charge on any atom is 0.262 e. The van der Waals surface area contributed by atoms with Crippen molar-refractivity contribution in [3.05, 3.63) is 72.3 Å². The van der Waals surface area contributed by atoms with Crippen LogP contribution in [0.5, 0.6) is 5.75 Å². The molecular formula is C25H24N2O4. The zero-order valence-corrected chi connectivity index (χ0v) is 17.3. The fourth-order valence-corrected chi connectivity index (χ4v) is 4.04. The second-order valence-electron chi connectivity index (χ2n) is 7.74. The van der Waals surface area contributed by atoms with Crippen molar-refractivity contribution in [3.63, 3.8) is 0 Å². The van der Waals surface area contributed by atoms with E-state index in [0.717, 1.165) is 16.3 Å². The number of ether oxygens (including phenoxy) is 1. The minimum absolute atomic E-state index is 0.108. The molecular weight excluding hydrogens is 392 g/mol. The molecule has 1 heterocycles. The molecule has 0 spiro atoms. The molecule has 0 radical (unpaired) electrons. The van der Waals surface area contributed by atoms with E-state index >= 15 is 0 Å². The molecule has 0 aromatic heterocycles. The first-order chi connectivity index (χ1) is 15.0. The summed E-state index contributed by atoms with van der Waals surface area (Å²) in [4.78, 5) is 36.3. The summed E-state index contributed by atoms with van der Waals surface area (Å²) >= 11 is 0. The molecule has 3 aromatic rings. The second-order valence-corrected chi connectivity index (χ2v) is 7.74. The van der Waals surface area contributed by atoms with Crippen LogP contribution in [0.25, 0.3) is 10.8 Å². The molecule has 158 valence electrons. The van der Waals surface area contributed by atoms with Crippen molar-refractivity contribution in [2.45, 2.75) is 31.6 Å². The van der Waals surface area contributed by atoms with Gasteiger partial charge in [0.25, 0.3) is 5.91 Å². The lowest BCUT2D eigenvalue weighted by Gasteiger charge is -2.35. The zero-order valence-electron chi connectivity index (χ0n) is 17.3. The van der Waals surface area contributed by atoms with Gasteiger partial charge in [0.1, 0.15) is 5.75 Å². The third kappa shape index (κ3) is 4.28. The molecule has 2 N–H and O–H groups in total. The summed E-state index contributed by atoms with van der Waals surface area (Å²) < 4.78 is 5.63. The summed E-state index contributed by atoms with van der Waals surface area (Å²) in [6, 6.07) is 20.9. The Bertz CT molecular complexity index is 1140. The molecule has 0 aliphatic carbocycles. The molecule has 3 aromatic carbocycles. The van der Waals surface area contributed by atoms with Crippen LogP contribution in [-0.4, -0.2) is 24.3 Å². The van der Waals surface area contributed by atoms with Crippen LogP contribution < -0.4 is 15.4 Å². The zero-order chi connectivity index (χ0) is 21.8. The number of amides is 3. The van der Waals surface area contributed by atoms with E-state index in [9.17, 15) is 14.4 Å². The van der Waals surface area contributed by atoms with Crippen molar-refractivity contribution in [2.24, 2.45) is 0 Å². The predicted octanol–water partition coefficient (Wildman–Crippen LogP) is 3.94. The van der Waals surface area contributed by atoms with Gasteiger partial charge < -0.3 is 10.1 Å². The fourth-order valence-electron chi connectivity index (χ4n) is 4.04. The third-order valence-corrected chi connectivity index (χ3v) is 5.88. The lowest BCUT2D eigenvalue weighted by atomic mass is 9.72. The number of benzene rings is 3. The first-order valence-corrected chi connectivity index (χ1v) is 10.4. The van der Waals surface area contributed by atoms with E-state index in [1.165, 1.54) is 0 Å². The van der Waals surface area contributed by atoms with Crippen LogP contribution in [0.3, 0.4) is 0 Å². The van der Waals surface area contributed by atoms with E-state index in [1.54, 1.807) is 12.1 Å². The molecule has 6 nitrogen and oxygen atoms in total. The van der Waals surface area contributed by atoms with Gasteiger partial charge in [-0.25, -0.2) is 0 Å². The van der Waals surface area contributed by atoms with E-state index in [-0.39, 0.29) is 24.3 Å². The van der Waals surface area contributed by atoms with Gasteiger partial charge in [0.2, 0.25) is 11.8 Å². The largest absolute Gasteiger partial charge is 0.484 e. The van der Waals surface area contributed by atoms with Gasteiger partial charge in [0.05, 0.1) is 5.41 Å². The normalized spacial score (nSPS) is 18.5. The van der Waals surface area contributed by atoms with E-state index in [0.29, 0.717) is 30.7 Å². The standard InChI is InChI=1S/C25H24N2O4/c1-2-25(14-13-22(28)27-24(25)30)19-8-10-20(11-9-19)26-23(29)16-31-21-12-7-17-5-3-4-6-18(17)15-21/h3-12,15H,2,13-14,16H2,1H3,(H,26,29)(H,27,28,30). The second kappa shape index (κ2) is 8.60. The topological polar surface area (TPSA) is 84.5 Å². The Labute approximate surface area is 180 Å². The van der Waals surface area contributed by atoms with Crippen molar-refractivity contribution in [1.82, 2.24) is 5.32 Å². The third-order valence-electron chi connectivity index (χ3n) is 5.88. The number of fused-ring (bicyclic) bond motifs is 1. The Hall–Kier alpha value is -3.67. The lowest BCUT2D eigenvalue weighted by molar-refractivity contribution is -0.138. The molecule has 1 aliphatic rings. The molecule has 6 heteroatoms. The molecule has 1 unspecified atom stereocenters. The molecule has 1 fully saturated rings. The van der Waals surface area contributed by atoms with Crippen LogP contribution >= 0.6 is 0 Å². The van der Waals surface area contributed by atoms with Crippen molar-refractivity contribution >= 4 is 34.2 Å². The molecule has 1 aliphatic heterocycles. The van der Waals surface area contributed by atoms with Crippen LogP contribution in [0.4, 0.5) is 5.69 Å². The van der Waals surface area contributed by atoms with Crippen LogP contribution in [0.2, 0.25) is 0 Å². The number of anilines is 1. The predicted molar refractivity (Wildman–Crippen MR) is 119 cm³/mol. The number of piperidine rings is 1. The Kier molecular flexibility index (Phi) is 5.71. The van der Waals surface area contributed by atoms with Gasteiger partial charge in [-0.05, 0) is 53.4 Å². The number of carbonyl (C=O) groups excluding carboxylic acids is 3. The summed E-state index contributed by atoms with van der Waals surface area (Å²) in [5.41, 5.74) is 0.746. The fraction of sp³-hybridized carbons (Fsp3) is 0.240. The van der Waals surface area contributed by atoms with E-state index in [1.807, 2.05) is 61.5 Å². The molecule has 1 atom stereocenters. The minimum atomic E-state index is -0.713. The SMILES string of the molecule is CCC1(c2ccc(NC(=O)COc3ccc4ccccc4c3)cc2)CCC(=O)NC1=O. The van der Waals surface area contributed by atoms with Crippen LogP contribution in [0.1, 0.15) is 31.7 Å². The maximum absolute atomic E-state index is 12.5. The summed E-state index contributed by atoms with van der Waals surface area (Å²) in [6.45, 7) is 1.83. The molecule has 1 saturated heterocycles. The highest BCUT2D eigenvalue weighted by molar-refractivity contribution is 6.03. The Morgan fingerprint density at radius 1 is 1.03 bits per heavy atom. The van der Waals surface area contributed by atoms with E-state index in [4.69, 9.17) is 4.74 Å². The van der Waals surface area contributed by atoms with Gasteiger partial charge in [-0.1, -0.05) is 49.4 Å². The van der Waals surface area contributed by atoms with Crippen LogP contribution in [-0.2, 0) is 19.8 Å².